The van der Waals surface area contributed by atoms with Crippen molar-refractivity contribution in [2.75, 3.05) is 11.5 Å². The predicted octanol–water partition coefficient (Wildman–Crippen LogP) is 5.78. The highest BCUT2D eigenvalue weighted by Crippen LogP contribution is 2.39. The van der Waals surface area contributed by atoms with Crippen LogP contribution in [0.1, 0.15) is 12.5 Å². The Bertz CT molecular complexity index is 1130. The Balaban J connectivity index is 1.80. The van der Waals surface area contributed by atoms with E-state index in [1.165, 1.54) is 28.8 Å². The minimum absolute atomic E-state index is 0.268. The maximum absolute atomic E-state index is 13.6. The number of ether oxygens (including phenoxy) is 1. The average Bonchev–Trinajstić information content (AvgIpc) is 2.97. The van der Waals surface area contributed by atoms with E-state index in [9.17, 15) is 9.18 Å². The van der Waals surface area contributed by atoms with Crippen LogP contribution in [0, 0.1) is 5.82 Å². The van der Waals surface area contributed by atoms with Gasteiger partial charge in [-0.3, -0.25) is 9.69 Å². The second kappa shape index (κ2) is 7.73. The summed E-state index contributed by atoms with van der Waals surface area (Å²) >= 11 is 6.59. The lowest BCUT2D eigenvalue weighted by Gasteiger charge is -2.14. The van der Waals surface area contributed by atoms with Crippen LogP contribution in [0.4, 0.5) is 10.1 Å². The van der Waals surface area contributed by atoms with Gasteiger partial charge in [0.2, 0.25) is 0 Å². The molecule has 1 fully saturated rings. The van der Waals surface area contributed by atoms with Crippen LogP contribution >= 0.6 is 24.0 Å². The third kappa shape index (κ3) is 3.41. The van der Waals surface area contributed by atoms with E-state index in [1.54, 1.807) is 12.1 Å². The number of rotatable bonds is 4. The molecule has 0 aliphatic carbocycles. The molecular weight excluding hydrogens is 393 g/mol. The van der Waals surface area contributed by atoms with E-state index < -0.39 is 5.82 Å². The molecule has 0 spiro atoms. The van der Waals surface area contributed by atoms with Crippen molar-refractivity contribution in [2.45, 2.75) is 6.92 Å². The van der Waals surface area contributed by atoms with Gasteiger partial charge >= 0.3 is 0 Å². The van der Waals surface area contributed by atoms with Gasteiger partial charge in [-0.2, -0.15) is 0 Å². The van der Waals surface area contributed by atoms with Gasteiger partial charge in [-0.15, -0.1) is 0 Å². The van der Waals surface area contributed by atoms with Gasteiger partial charge in [-0.1, -0.05) is 60.4 Å². The lowest BCUT2D eigenvalue weighted by atomic mass is 10.0. The highest BCUT2D eigenvalue weighted by Gasteiger charge is 2.33. The first-order valence-electron chi connectivity index (χ1n) is 8.76. The summed E-state index contributed by atoms with van der Waals surface area (Å²) in [5.41, 5.74) is 1.26. The lowest BCUT2D eigenvalue weighted by Crippen LogP contribution is -2.27. The number of hydrogen-bond acceptors (Lipinski definition) is 4. The number of carbonyl (C=O) groups is 1. The molecule has 1 aliphatic rings. The van der Waals surface area contributed by atoms with Crippen molar-refractivity contribution < 1.29 is 13.9 Å². The first-order chi connectivity index (χ1) is 13.6. The van der Waals surface area contributed by atoms with E-state index in [2.05, 4.69) is 0 Å². The number of thioether (sulfide) groups is 1. The van der Waals surface area contributed by atoms with Crippen LogP contribution < -0.4 is 9.64 Å². The topological polar surface area (TPSA) is 29.5 Å². The first kappa shape index (κ1) is 18.7. The summed E-state index contributed by atoms with van der Waals surface area (Å²) in [6, 6.07) is 17.7. The number of benzene rings is 3. The maximum atomic E-state index is 13.6. The Labute approximate surface area is 171 Å². The van der Waals surface area contributed by atoms with Crippen molar-refractivity contribution >= 4 is 56.7 Å². The quantitative estimate of drug-likeness (QED) is 0.403. The molecule has 0 bridgehead atoms. The fourth-order valence-corrected chi connectivity index (χ4v) is 4.42. The van der Waals surface area contributed by atoms with Gasteiger partial charge in [0, 0.05) is 5.56 Å². The zero-order valence-corrected chi connectivity index (χ0v) is 16.6. The molecule has 1 amide bonds. The number of halogens is 1. The fraction of sp³-hybridized carbons (Fsp3) is 0.0909. The van der Waals surface area contributed by atoms with E-state index in [4.69, 9.17) is 17.0 Å². The largest absolute Gasteiger partial charge is 0.493 e. The van der Waals surface area contributed by atoms with Crippen molar-refractivity contribution in [3.05, 3.63) is 76.9 Å². The van der Waals surface area contributed by atoms with Crippen molar-refractivity contribution in [3.63, 3.8) is 0 Å². The molecule has 3 aromatic carbocycles. The molecule has 0 saturated carbocycles. The number of anilines is 1. The normalized spacial score (nSPS) is 15.6. The highest BCUT2D eigenvalue weighted by molar-refractivity contribution is 8.27. The fourth-order valence-electron chi connectivity index (χ4n) is 3.14. The van der Waals surface area contributed by atoms with Gasteiger partial charge in [0.25, 0.3) is 5.91 Å². The first-order valence-corrected chi connectivity index (χ1v) is 9.99. The van der Waals surface area contributed by atoms with Crippen LogP contribution in [0.3, 0.4) is 0 Å². The molecule has 6 heteroatoms. The number of fused-ring (bicyclic) bond motifs is 1. The van der Waals surface area contributed by atoms with Crippen LogP contribution in [0.15, 0.2) is 65.6 Å². The maximum Gasteiger partial charge on any atom is 0.270 e. The molecule has 1 saturated heterocycles. The molecule has 28 heavy (non-hydrogen) atoms. The van der Waals surface area contributed by atoms with E-state index >= 15 is 0 Å². The zero-order chi connectivity index (χ0) is 19.7. The Kier molecular flexibility index (Phi) is 5.15. The number of nitrogens with zero attached hydrogens (tertiary/aromatic N) is 1. The van der Waals surface area contributed by atoms with E-state index in [-0.39, 0.29) is 5.91 Å². The molecule has 3 aromatic rings. The molecule has 1 heterocycles. The summed E-state index contributed by atoms with van der Waals surface area (Å²) in [5.74, 6) is 0.0245. The summed E-state index contributed by atoms with van der Waals surface area (Å²) in [7, 11) is 0. The molecule has 0 N–H and O–H groups in total. The molecule has 0 aromatic heterocycles. The minimum Gasteiger partial charge on any atom is -0.493 e. The summed E-state index contributed by atoms with van der Waals surface area (Å²) in [6.07, 6.45) is 1.81. The standard InChI is InChI=1S/C22H16FNO2S2/c1-2-26-19-11-10-14-6-3-4-9-17(14)18(19)13-20-21(25)24(22(27)28-20)16-8-5-7-15(23)12-16/h3-13H,2H2,1H3/b20-13-. The average molecular weight is 410 g/mol. The van der Waals surface area contributed by atoms with Gasteiger partial charge in [0.15, 0.2) is 4.32 Å². The second-order valence-electron chi connectivity index (χ2n) is 6.13. The smallest absolute Gasteiger partial charge is 0.270 e. The number of hydrogen-bond donors (Lipinski definition) is 0. The summed E-state index contributed by atoms with van der Waals surface area (Å²) in [6.45, 7) is 2.44. The molecule has 0 unspecified atom stereocenters. The van der Waals surface area contributed by atoms with Crippen LogP contribution in [-0.4, -0.2) is 16.8 Å². The molecule has 3 nitrogen and oxygen atoms in total. The molecule has 0 atom stereocenters. The summed E-state index contributed by atoms with van der Waals surface area (Å²) in [4.78, 5) is 14.9. The van der Waals surface area contributed by atoms with Crippen LogP contribution in [0.25, 0.3) is 16.8 Å². The Morgan fingerprint density at radius 3 is 2.75 bits per heavy atom. The minimum atomic E-state index is -0.414. The van der Waals surface area contributed by atoms with Gasteiger partial charge in [-0.05, 0) is 48.0 Å². The lowest BCUT2D eigenvalue weighted by molar-refractivity contribution is -0.113. The highest BCUT2D eigenvalue weighted by atomic mass is 32.2. The van der Waals surface area contributed by atoms with Crippen LogP contribution in [0.2, 0.25) is 0 Å². The van der Waals surface area contributed by atoms with Crippen molar-refractivity contribution in [3.8, 4) is 5.75 Å². The van der Waals surface area contributed by atoms with E-state index in [0.717, 1.165) is 16.3 Å². The van der Waals surface area contributed by atoms with Crippen molar-refractivity contribution in [2.24, 2.45) is 0 Å². The van der Waals surface area contributed by atoms with Gasteiger partial charge in [-0.25, -0.2) is 4.39 Å². The monoisotopic (exact) mass is 409 g/mol. The third-order valence-corrected chi connectivity index (χ3v) is 5.67. The van der Waals surface area contributed by atoms with Gasteiger partial charge in [0.05, 0.1) is 17.2 Å². The predicted molar refractivity (Wildman–Crippen MR) is 117 cm³/mol. The summed E-state index contributed by atoms with van der Waals surface area (Å²) < 4.78 is 19.8. The molecule has 1 aliphatic heterocycles. The van der Waals surface area contributed by atoms with Crippen molar-refractivity contribution in [1.29, 1.82) is 0 Å². The van der Waals surface area contributed by atoms with E-state index in [1.807, 2.05) is 49.4 Å². The molecule has 4 rings (SSSR count). The molecular formula is C22H16FNO2S2. The zero-order valence-electron chi connectivity index (χ0n) is 15.0. The van der Waals surface area contributed by atoms with Crippen LogP contribution in [-0.2, 0) is 4.79 Å². The Morgan fingerprint density at radius 1 is 1.14 bits per heavy atom. The number of amides is 1. The SMILES string of the molecule is CCOc1ccc2ccccc2c1/C=C1\SC(=S)N(c2cccc(F)c2)C1=O. The summed E-state index contributed by atoms with van der Waals surface area (Å²) in [5, 5.41) is 2.04. The van der Waals surface area contributed by atoms with Crippen molar-refractivity contribution in [1.82, 2.24) is 0 Å². The van der Waals surface area contributed by atoms with Crippen LogP contribution in [0.5, 0.6) is 5.75 Å². The molecule has 0 radical (unpaired) electrons. The number of carbonyl (C=O) groups excluding carboxylic acids is 1. The Morgan fingerprint density at radius 2 is 1.96 bits per heavy atom. The van der Waals surface area contributed by atoms with Gasteiger partial charge in [0.1, 0.15) is 11.6 Å². The van der Waals surface area contributed by atoms with E-state index in [0.29, 0.717) is 27.3 Å². The Hall–Kier alpha value is -2.70. The third-order valence-electron chi connectivity index (χ3n) is 4.37. The van der Waals surface area contributed by atoms with Gasteiger partial charge < -0.3 is 4.74 Å². The molecule has 140 valence electrons. The number of thiocarbonyl (C=S) groups is 1. The second-order valence-corrected chi connectivity index (χ2v) is 7.80.